The third-order valence-electron chi connectivity index (χ3n) is 2.79. The van der Waals surface area contributed by atoms with Crippen molar-refractivity contribution in [1.82, 2.24) is 15.3 Å². The quantitative estimate of drug-likeness (QED) is 0.823. The molecule has 1 aromatic heterocycles. The van der Waals surface area contributed by atoms with Gasteiger partial charge in [-0.3, -0.25) is 0 Å². The first-order valence-corrected chi connectivity index (χ1v) is 5.54. The van der Waals surface area contributed by atoms with Crippen LogP contribution in [0.2, 0.25) is 0 Å². The van der Waals surface area contributed by atoms with Gasteiger partial charge in [-0.05, 0) is 25.0 Å². The number of aromatic amines is 1. The SMILES string of the molecule is Cc1ccccc1C(C)NCc1ncc[nH]1. The molecular weight excluding hydrogens is 198 g/mol. The summed E-state index contributed by atoms with van der Waals surface area (Å²) in [5, 5.41) is 3.45. The van der Waals surface area contributed by atoms with Gasteiger partial charge in [0.2, 0.25) is 0 Å². The van der Waals surface area contributed by atoms with Crippen molar-refractivity contribution in [2.45, 2.75) is 26.4 Å². The van der Waals surface area contributed by atoms with E-state index in [2.05, 4.69) is 53.4 Å². The minimum Gasteiger partial charge on any atom is -0.348 e. The first-order valence-electron chi connectivity index (χ1n) is 5.54. The molecule has 0 amide bonds. The van der Waals surface area contributed by atoms with Gasteiger partial charge in [0.25, 0.3) is 0 Å². The lowest BCUT2D eigenvalue weighted by Crippen LogP contribution is -2.19. The van der Waals surface area contributed by atoms with Crippen LogP contribution in [0.4, 0.5) is 0 Å². The van der Waals surface area contributed by atoms with Crippen molar-refractivity contribution in [3.8, 4) is 0 Å². The highest BCUT2D eigenvalue weighted by Crippen LogP contribution is 2.16. The molecule has 1 unspecified atom stereocenters. The van der Waals surface area contributed by atoms with E-state index in [0.29, 0.717) is 6.04 Å². The third-order valence-corrected chi connectivity index (χ3v) is 2.79. The van der Waals surface area contributed by atoms with Crippen LogP contribution in [0.5, 0.6) is 0 Å². The van der Waals surface area contributed by atoms with Crippen molar-refractivity contribution >= 4 is 0 Å². The number of aryl methyl sites for hydroxylation is 1. The van der Waals surface area contributed by atoms with E-state index >= 15 is 0 Å². The molecule has 0 fully saturated rings. The average molecular weight is 215 g/mol. The molecule has 16 heavy (non-hydrogen) atoms. The van der Waals surface area contributed by atoms with Gasteiger partial charge in [0.15, 0.2) is 0 Å². The van der Waals surface area contributed by atoms with Crippen LogP contribution in [0.15, 0.2) is 36.7 Å². The van der Waals surface area contributed by atoms with E-state index in [9.17, 15) is 0 Å². The molecule has 1 aromatic carbocycles. The van der Waals surface area contributed by atoms with E-state index in [-0.39, 0.29) is 0 Å². The zero-order valence-electron chi connectivity index (χ0n) is 9.70. The Balaban J connectivity index is 1.98. The highest BCUT2D eigenvalue weighted by atomic mass is 15.0. The van der Waals surface area contributed by atoms with E-state index in [1.165, 1.54) is 11.1 Å². The number of H-pyrrole nitrogens is 1. The maximum absolute atomic E-state index is 4.19. The Morgan fingerprint density at radius 1 is 1.38 bits per heavy atom. The van der Waals surface area contributed by atoms with Crippen LogP contribution in [-0.4, -0.2) is 9.97 Å². The zero-order chi connectivity index (χ0) is 11.4. The molecule has 0 aliphatic heterocycles. The van der Waals surface area contributed by atoms with Crippen molar-refractivity contribution in [2.24, 2.45) is 0 Å². The third kappa shape index (κ3) is 2.49. The molecule has 0 bridgehead atoms. The molecule has 3 nitrogen and oxygen atoms in total. The molecule has 1 heterocycles. The Hall–Kier alpha value is -1.61. The van der Waals surface area contributed by atoms with Gasteiger partial charge >= 0.3 is 0 Å². The fourth-order valence-electron chi connectivity index (χ4n) is 1.83. The molecule has 2 aromatic rings. The fraction of sp³-hybridized carbons (Fsp3) is 0.308. The number of aromatic nitrogens is 2. The molecule has 0 aliphatic rings. The Bertz CT molecular complexity index is 434. The molecule has 1 atom stereocenters. The number of hydrogen-bond acceptors (Lipinski definition) is 2. The summed E-state index contributed by atoms with van der Waals surface area (Å²) in [4.78, 5) is 7.27. The van der Waals surface area contributed by atoms with Crippen molar-refractivity contribution in [1.29, 1.82) is 0 Å². The summed E-state index contributed by atoms with van der Waals surface area (Å²) in [6.07, 6.45) is 3.62. The Morgan fingerprint density at radius 2 is 2.19 bits per heavy atom. The van der Waals surface area contributed by atoms with Crippen molar-refractivity contribution in [3.05, 3.63) is 53.6 Å². The second kappa shape index (κ2) is 4.94. The number of benzene rings is 1. The summed E-state index contributed by atoms with van der Waals surface area (Å²) >= 11 is 0. The van der Waals surface area contributed by atoms with E-state index in [1.54, 1.807) is 6.20 Å². The number of hydrogen-bond donors (Lipinski definition) is 2. The van der Waals surface area contributed by atoms with Crippen LogP contribution in [0, 0.1) is 6.92 Å². The standard InChI is InChI=1S/C13H17N3/c1-10-5-3-4-6-12(10)11(2)16-9-13-14-7-8-15-13/h3-8,11,16H,9H2,1-2H3,(H,14,15). The van der Waals surface area contributed by atoms with E-state index in [4.69, 9.17) is 0 Å². The molecule has 0 radical (unpaired) electrons. The minimum absolute atomic E-state index is 0.339. The van der Waals surface area contributed by atoms with Gasteiger partial charge in [0, 0.05) is 18.4 Å². The zero-order valence-corrected chi connectivity index (χ0v) is 9.70. The van der Waals surface area contributed by atoms with Gasteiger partial charge in [-0.1, -0.05) is 24.3 Å². The van der Waals surface area contributed by atoms with Gasteiger partial charge in [0.05, 0.1) is 6.54 Å². The smallest absolute Gasteiger partial charge is 0.120 e. The highest BCUT2D eigenvalue weighted by Gasteiger charge is 2.07. The average Bonchev–Trinajstić information content (AvgIpc) is 2.79. The molecule has 2 rings (SSSR count). The number of nitrogens with zero attached hydrogens (tertiary/aromatic N) is 1. The summed E-state index contributed by atoms with van der Waals surface area (Å²) in [7, 11) is 0. The monoisotopic (exact) mass is 215 g/mol. The van der Waals surface area contributed by atoms with E-state index < -0.39 is 0 Å². The van der Waals surface area contributed by atoms with Crippen LogP contribution < -0.4 is 5.32 Å². The maximum Gasteiger partial charge on any atom is 0.120 e. The van der Waals surface area contributed by atoms with Gasteiger partial charge in [-0.15, -0.1) is 0 Å². The minimum atomic E-state index is 0.339. The summed E-state index contributed by atoms with van der Waals surface area (Å²) in [5.41, 5.74) is 2.66. The van der Waals surface area contributed by atoms with Gasteiger partial charge in [0.1, 0.15) is 5.82 Å². The normalized spacial score (nSPS) is 12.6. The lowest BCUT2D eigenvalue weighted by atomic mass is 10.0. The van der Waals surface area contributed by atoms with Crippen LogP contribution in [0.1, 0.15) is 29.9 Å². The Kier molecular flexibility index (Phi) is 3.37. The van der Waals surface area contributed by atoms with Crippen molar-refractivity contribution < 1.29 is 0 Å². The van der Waals surface area contributed by atoms with Crippen LogP contribution in [-0.2, 0) is 6.54 Å². The highest BCUT2D eigenvalue weighted by molar-refractivity contribution is 5.28. The number of nitrogens with one attached hydrogen (secondary N) is 2. The maximum atomic E-state index is 4.19. The molecule has 2 N–H and O–H groups in total. The Morgan fingerprint density at radius 3 is 2.88 bits per heavy atom. The molecule has 0 aliphatic carbocycles. The van der Waals surface area contributed by atoms with Crippen LogP contribution in [0.3, 0.4) is 0 Å². The molecule has 0 saturated carbocycles. The largest absolute Gasteiger partial charge is 0.348 e. The second-order valence-electron chi connectivity index (χ2n) is 4.00. The molecule has 3 heteroatoms. The van der Waals surface area contributed by atoms with Gasteiger partial charge in [-0.2, -0.15) is 0 Å². The number of imidazole rings is 1. The van der Waals surface area contributed by atoms with Gasteiger partial charge in [-0.25, -0.2) is 4.98 Å². The van der Waals surface area contributed by atoms with Crippen molar-refractivity contribution in [2.75, 3.05) is 0 Å². The van der Waals surface area contributed by atoms with Gasteiger partial charge < -0.3 is 10.3 Å². The first kappa shape index (κ1) is 10.9. The summed E-state index contributed by atoms with van der Waals surface area (Å²) in [5.74, 6) is 0.973. The summed E-state index contributed by atoms with van der Waals surface area (Å²) in [6.45, 7) is 5.08. The second-order valence-corrected chi connectivity index (χ2v) is 4.00. The molecule has 0 spiro atoms. The summed E-state index contributed by atoms with van der Waals surface area (Å²) < 4.78 is 0. The van der Waals surface area contributed by atoms with Crippen molar-refractivity contribution in [3.63, 3.8) is 0 Å². The molecular formula is C13H17N3. The topological polar surface area (TPSA) is 40.7 Å². The number of rotatable bonds is 4. The van der Waals surface area contributed by atoms with E-state index in [1.807, 2.05) is 6.20 Å². The lowest BCUT2D eigenvalue weighted by molar-refractivity contribution is 0.559. The van der Waals surface area contributed by atoms with Crippen LogP contribution >= 0.6 is 0 Å². The van der Waals surface area contributed by atoms with Crippen LogP contribution in [0.25, 0.3) is 0 Å². The summed E-state index contributed by atoms with van der Waals surface area (Å²) in [6, 6.07) is 8.78. The predicted molar refractivity (Wildman–Crippen MR) is 65.0 cm³/mol. The molecule has 0 saturated heterocycles. The molecule has 84 valence electrons. The Labute approximate surface area is 95.9 Å². The fourth-order valence-corrected chi connectivity index (χ4v) is 1.83. The predicted octanol–water partition coefficient (Wildman–Crippen LogP) is 2.57. The lowest BCUT2D eigenvalue weighted by Gasteiger charge is -2.15. The first-order chi connectivity index (χ1) is 7.77. The van der Waals surface area contributed by atoms with E-state index in [0.717, 1.165) is 12.4 Å².